The van der Waals surface area contributed by atoms with E-state index in [1.807, 2.05) is 0 Å². The van der Waals surface area contributed by atoms with Gasteiger partial charge in [0.1, 0.15) is 5.75 Å². The number of hydrogen-bond donors (Lipinski definition) is 0. The lowest BCUT2D eigenvalue weighted by atomic mass is 9.66. The molecule has 108 valence electrons. The van der Waals surface area contributed by atoms with Crippen molar-refractivity contribution in [2.24, 2.45) is 0 Å². The summed E-state index contributed by atoms with van der Waals surface area (Å²) in [7, 11) is 1.76. The first-order valence-corrected chi connectivity index (χ1v) is 7.77. The summed E-state index contributed by atoms with van der Waals surface area (Å²) in [5.41, 5.74) is 4.53. The maximum atomic E-state index is 5.49. The van der Waals surface area contributed by atoms with Gasteiger partial charge in [-0.05, 0) is 48.2 Å². The van der Waals surface area contributed by atoms with Crippen LogP contribution in [0.4, 0.5) is 0 Å². The smallest absolute Gasteiger partial charge is 0.119 e. The topological polar surface area (TPSA) is 12.5 Å². The van der Waals surface area contributed by atoms with E-state index in [9.17, 15) is 0 Å². The monoisotopic (exact) mass is 279 g/mol. The first-order valence-electron chi connectivity index (χ1n) is 7.77. The van der Waals surface area contributed by atoms with Gasteiger partial charge in [-0.25, -0.2) is 0 Å². The third kappa shape index (κ3) is 1.97. The van der Waals surface area contributed by atoms with E-state index in [-0.39, 0.29) is 5.41 Å². The molecule has 2 atom stereocenters. The van der Waals surface area contributed by atoms with E-state index in [0.717, 1.165) is 18.8 Å². The fraction of sp³-hybridized carbons (Fsp3) is 0.368. The van der Waals surface area contributed by atoms with E-state index in [2.05, 4.69) is 53.4 Å². The van der Waals surface area contributed by atoms with Crippen LogP contribution in [-0.2, 0) is 12.0 Å². The van der Waals surface area contributed by atoms with Crippen molar-refractivity contribution in [3.63, 3.8) is 0 Å². The van der Waals surface area contributed by atoms with Gasteiger partial charge in [0, 0.05) is 18.5 Å². The van der Waals surface area contributed by atoms with Gasteiger partial charge in [0.15, 0.2) is 0 Å². The number of nitrogens with zero attached hydrogens (tertiary/aromatic N) is 1. The molecule has 2 aliphatic heterocycles. The van der Waals surface area contributed by atoms with Crippen molar-refractivity contribution in [1.29, 1.82) is 0 Å². The van der Waals surface area contributed by atoms with Gasteiger partial charge in [-0.3, -0.25) is 4.90 Å². The second-order valence-corrected chi connectivity index (χ2v) is 6.29. The Morgan fingerprint density at radius 1 is 1.10 bits per heavy atom. The Morgan fingerprint density at radius 2 is 1.95 bits per heavy atom. The lowest BCUT2D eigenvalue weighted by Gasteiger charge is -2.48. The van der Waals surface area contributed by atoms with E-state index < -0.39 is 0 Å². The summed E-state index contributed by atoms with van der Waals surface area (Å²) in [6, 6.07) is 17.6. The van der Waals surface area contributed by atoms with Crippen molar-refractivity contribution in [1.82, 2.24) is 4.90 Å². The Labute approximate surface area is 126 Å². The number of rotatable bonds is 2. The highest BCUT2D eigenvalue weighted by Gasteiger charge is 2.43. The predicted octanol–water partition coefficient (Wildman–Crippen LogP) is 3.59. The molecule has 2 unspecified atom stereocenters. The molecule has 2 heterocycles. The van der Waals surface area contributed by atoms with E-state index in [1.165, 1.54) is 36.1 Å². The standard InChI is InChI=1S/C19H21NO/c1-21-17-9-8-15-13-20-11-5-10-19(14-20,18(15)12-17)16-6-3-2-4-7-16/h2-4,6-9,12H,5,10-11,13-14H2,1H3. The average Bonchev–Trinajstić information content (AvgIpc) is 2.55. The van der Waals surface area contributed by atoms with E-state index in [4.69, 9.17) is 4.74 Å². The van der Waals surface area contributed by atoms with Crippen LogP contribution in [0.2, 0.25) is 0 Å². The second-order valence-electron chi connectivity index (χ2n) is 6.29. The zero-order chi connectivity index (χ0) is 14.3. The summed E-state index contributed by atoms with van der Waals surface area (Å²) in [6.07, 6.45) is 2.50. The Bertz CT molecular complexity index is 652. The van der Waals surface area contributed by atoms with Crippen LogP contribution in [0.5, 0.6) is 5.75 Å². The molecule has 0 N–H and O–H groups in total. The molecule has 2 bridgehead atoms. The molecule has 4 rings (SSSR count). The van der Waals surface area contributed by atoms with Crippen molar-refractivity contribution >= 4 is 0 Å². The summed E-state index contributed by atoms with van der Waals surface area (Å²) in [5, 5.41) is 0. The maximum absolute atomic E-state index is 5.49. The zero-order valence-electron chi connectivity index (χ0n) is 12.5. The first-order chi connectivity index (χ1) is 10.3. The van der Waals surface area contributed by atoms with Gasteiger partial charge in [0.2, 0.25) is 0 Å². The molecule has 2 aliphatic rings. The number of hydrogen-bond acceptors (Lipinski definition) is 2. The fourth-order valence-corrected chi connectivity index (χ4v) is 4.15. The Kier molecular flexibility index (Phi) is 3.00. The van der Waals surface area contributed by atoms with Gasteiger partial charge in [-0.15, -0.1) is 0 Å². The Hall–Kier alpha value is -1.80. The molecule has 2 aromatic rings. The maximum Gasteiger partial charge on any atom is 0.119 e. The predicted molar refractivity (Wildman–Crippen MR) is 84.7 cm³/mol. The Morgan fingerprint density at radius 3 is 2.76 bits per heavy atom. The minimum Gasteiger partial charge on any atom is -0.497 e. The fourth-order valence-electron chi connectivity index (χ4n) is 4.15. The third-order valence-corrected chi connectivity index (χ3v) is 5.12. The summed E-state index contributed by atoms with van der Waals surface area (Å²) in [6.45, 7) is 3.44. The number of methoxy groups -OCH3 is 1. The van der Waals surface area contributed by atoms with Gasteiger partial charge in [0.25, 0.3) is 0 Å². The molecule has 1 fully saturated rings. The van der Waals surface area contributed by atoms with Crippen molar-refractivity contribution in [3.8, 4) is 5.75 Å². The highest BCUT2D eigenvalue weighted by Crippen LogP contribution is 2.46. The Balaban J connectivity index is 1.93. The van der Waals surface area contributed by atoms with Gasteiger partial charge in [-0.2, -0.15) is 0 Å². The molecule has 0 spiro atoms. The van der Waals surface area contributed by atoms with Crippen LogP contribution in [0.3, 0.4) is 0 Å². The van der Waals surface area contributed by atoms with Crippen molar-refractivity contribution in [2.75, 3.05) is 20.2 Å². The largest absolute Gasteiger partial charge is 0.497 e. The molecule has 21 heavy (non-hydrogen) atoms. The number of ether oxygens (including phenoxy) is 1. The molecule has 2 nitrogen and oxygen atoms in total. The molecule has 0 radical (unpaired) electrons. The molecule has 1 saturated heterocycles. The molecule has 0 aromatic heterocycles. The second kappa shape index (κ2) is 4.88. The molecule has 0 saturated carbocycles. The van der Waals surface area contributed by atoms with Crippen molar-refractivity contribution in [3.05, 3.63) is 65.2 Å². The molecular formula is C19H21NO. The van der Waals surface area contributed by atoms with Crippen LogP contribution in [0, 0.1) is 0 Å². The van der Waals surface area contributed by atoms with Crippen molar-refractivity contribution < 1.29 is 4.74 Å². The van der Waals surface area contributed by atoms with Crippen LogP contribution in [0.25, 0.3) is 0 Å². The van der Waals surface area contributed by atoms with Crippen LogP contribution < -0.4 is 4.74 Å². The van der Waals surface area contributed by atoms with Gasteiger partial charge >= 0.3 is 0 Å². The van der Waals surface area contributed by atoms with Crippen LogP contribution >= 0.6 is 0 Å². The lowest BCUT2D eigenvalue weighted by molar-refractivity contribution is 0.141. The van der Waals surface area contributed by atoms with E-state index >= 15 is 0 Å². The quantitative estimate of drug-likeness (QED) is 0.833. The molecular weight excluding hydrogens is 258 g/mol. The molecule has 0 amide bonds. The van der Waals surface area contributed by atoms with Gasteiger partial charge < -0.3 is 4.74 Å². The minimum atomic E-state index is 0.141. The minimum absolute atomic E-state index is 0.141. The number of piperidine rings is 1. The van der Waals surface area contributed by atoms with Gasteiger partial charge in [0.05, 0.1) is 7.11 Å². The normalized spacial score (nSPS) is 27.0. The van der Waals surface area contributed by atoms with E-state index in [1.54, 1.807) is 7.11 Å². The average molecular weight is 279 g/mol. The highest BCUT2D eigenvalue weighted by molar-refractivity contribution is 5.49. The number of benzene rings is 2. The molecule has 2 aromatic carbocycles. The lowest BCUT2D eigenvalue weighted by Crippen LogP contribution is -2.50. The van der Waals surface area contributed by atoms with E-state index in [0.29, 0.717) is 0 Å². The molecule has 2 heteroatoms. The molecule has 0 aliphatic carbocycles. The third-order valence-electron chi connectivity index (χ3n) is 5.12. The van der Waals surface area contributed by atoms with Crippen LogP contribution in [0.15, 0.2) is 48.5 Å². The zero-order valence-corrected chi connectivity index (χ0v) is 12.5. The summed E-state index contributed by atoms with van der Waals surface area (Å²) in [5.74, 6) is 0.975. The first kappa shape index (κ1) is 12.9. The summed E-state index contributed by atoms with van der Waals surface area (Å²) >= 11 is 0. The van der Waals surface area contributed by atoms with Crippen molar-refractivity contribution in [2.45, 2.75) is 24.8 Å². The highest BCUT2D eigenvalue weighted by atomic mass is 16.5. The summed E-state index contributed by atoms with van der Waals surface area (Å²) in [4.78, 5) is 2.60. The van der Waals surface area contributed by atoms with Crippen LogP contribution in [0.1, 0.15) is 29.5 Å². The van der Waals surface area contributed by atoms with Crippen LogP contribution in [-0.4, -0.2) is 25.1 Å². The summed E-state index contributed by atoms with van der Waals surface area (Å²) < 4.78 is 5.49. The number of fused-ring (bicyclic) bond motifs is 4. The van der Waals surface area contributed by atoms with Gasteiger partial charge in [-0.1, -0.05) is 36.4 Å². The SMILES string of the molecule is COc1ccc2c(c1)C1(c3ccccc3)CCCN(C2)C1.